The molecule has 0 saturated carbocycles. The first-order valence-electron chi connectivity index (χ1n) is 9.68. The average molecular weight is 419 g/mol. The van der Waals surface area contributed by atoms with E-state index in [-0.39, 0.29) is 11.8 Å². The summed E-state index contributed by atoms with van der Waals surface area (Å²) >= 11 is 0. The molecule has 156 valence electrons. The first-order chi connectivity index (χ1) is 12.6. The Morgan fingerprint density at radius 2 is 1.81 bits per heavy atom. The van der Waals surface area contributed by atoms with Gasteiger partial charge in [-0.05, 0) is 24.7 Å². The van der Waals surface area contributed by atoms with Gasteiger partial charge in [0.25, 0.3) is 0 Å². The van der Waals surface area contributed by atoms with E-state index in [1.54, 1.807) is 6.92 Å². The summed E-state index contributed by atoms with van der Waals surface area (Å²) in [5.74, 6) is -1.41. The largest absolute Gasteiger partial charge is 0.481 e. The summed E-state index contributed by atoms with van der Waals surface area (Å²) in [5, 5.41) is 15.6. The van der Waals surface area contributed by atoms with Crippen LogP contribution in [0, 0.1) is 17.3 Å². The number of aliphatic carboxylic acids is 1. The zero-order valence-corrected chi connectivity index (χ0v) is 18.5. The van der Waals surface area contributed by atoms with Crippen LogP contribution in [0.4, 0.5) is 0 Å². The number of carbonyl (C=O) groups is 3. The highest BCUT2D eigenvalue weighted by Crippen LogP contribution is 2.39. The van der Waals surface area contributed by atoms with Crippen LogP contribution < -0.4 is 10.6 Å². The van der Waals surface area contributed by atoms with E-state index in [2.05, 4.69) is 10.6 Å². The van der Waals surface area contributed by atoms with Crippen LogP contribution in [-0.2, 0) is 14.4 Å². The van der Waals surface area contributed by atoms with E-state index in [1.165, 1.54) is 18.6 Å². The quantitative estimate of drug-likeness (QED) is 0.352. The molecule has 0 bridgehead atoms. The molecule has 0 aromatic rings. The molecule has 1 saturated heterocycles. The third-order valence-electron chi connectivity index (χ3n) is 4.76. The second kappa shape index (κ2) is 11.8. The maximum atomic E-state index is 12.4. The van der Waals surface area contributed by atoms with Gasteiger partial charge in [-0.2, -0.15) is 0 Å². The molecule has 8 heteroatoms. The Hall–Kier alpha value is -0.890. The van der Waals surface area contributed by atoms with Crippen LogP contribution in [0.3, 0.4) is 0 Å². The maximum absolute atomic E-state index is 12.4. The van der Waals surface area contributed by atoms with Gasteiger partial charge < -0.3 is 15.7 Å². The highest BCUT2D eigenvalue weighted by atomic mass is 33.1. The van der Waals surface area contributed by atoms with Gasteiger partial charge in [0.2, 0.25) is 11.8 Å². The molecule has 3 N–H and O–H groups in total. The number of hydrogen-bond acceptors (Lipinski definition) is 5. The lowest BCUT2D eigenvalue weighted by molar-refractivity contribution is -0.149. The summed E-state index contributed by atoms with van der Waals surface area (Å²) in [6, 6.07) is 0. The van der Waals surface area contributed by atoms with Crippen LogP contribution in [0.5, 0.6) is 0 Å². The van der Waals surface area contributed by atoms with E-state index >= 15 is 0 Å². The van der Waals surface area contributed by atoms with Crippen LogP contribution in [0.15, 0.2) is 0 Å². The standard InChI is InChI=1S/C19H34N2O4S2/c1-13(18(24)25)16(19(2,3)4)17(23)21-11-10-20-15(22)8-6-5-7-14-9-12-26-27-14/h13-14,16H,5-12H2,1-4H3,(H,20,22)(H,21,23)(H,24,25). The lowest BCUT2D eigenvalue weighted by Crippen LogP contribution is -2.45. The van der Waals surface area contributed by atoms with E-state index in [0.717, 1.165) is 18.1 Å². The van der Waals surface area contributed by atoms with E-state index < -0.39 is 23.2 Å². The zero-order chi connectivity index (χ0) is 20.4. The number of amides is 2. The summed E-state index contributed by atoms with van der Waals surface area (Å²) in [6.45, 7) is 7.81. The highest BCUT2D eigenvalue weighted by Gasteiger charge is 2.38. The summed E-state index contributed by atoms with van der Waals surface area (Å²) < 4.78 is 0. The molecular formula is C19H34N2O4S2. The molecular weight excluding hydrogens is 384 g/mol. The molecule has 2 amide bonds. The first-order valence-corrected chi connectivity index (χ1v) is 12.1. The molecule has 0 aromatic carbocycles. The van der Waals surface area contributed by atoms with Gasteiger partial charge in [0.1, 0.15) is 0 Å². The minimum atomic E-state index is -0.979. The Morgan fingerprint density at radius 1 is 1.15 bits per heavy atom. The number of nitrogens with one attached hydrogen (secondary N) is 2. The lowest BCUT2D eigenvalue weighted by atomic mass is 9.73. The van der Waals surface area contributed by atoms with Crippen molar-refractivity contribution in [1.29, 1.82) is 0 Å². The third-order valence-corrected chi connectivity index (χ3v) is 7.77. The van der Waals surface area contributed by atoms with Crippen LogP contribution in [0.25, 0.3) is 0 Å². The fourth-order valence-corrected chi connectivity index (χ4v) is 6.35. The highest BCUT2D eigenvalue weighted by molar-refractivity contribution is 8.77. The predicted octanol–water partition coefficient (Wildman–Crippen LogP) is 3.32. The summed E-state index contributed by atoms with van der Waals surface area (Å²) in [4.78, 5) is 35.6. The second-order valence-electron chi connectivity index (χ2n) is 8.19. The Labute approximate surface area is 170 Å². The molecule has 1 aliphatic heterocycles. The molecule has 3 atom stereocenters. The van der Waals surface area contributed by atoms with Gasteiger partial charge in [-0.3, -0.25) is 14.4 Å². The first kappa shape index (κ1) is 24.1. The molecule has 27 heavy (non-hydrogen) atoms. The van der Waals surface area contributed by atoms with Crippen molar-refractivity contribution < 1.29 is 19.5 Å². The van der Waals surface area contributed by atoms with Crippen molar-refractivity contribution in [2.24, 2.45) is 17.3 Å². The SMILES string of the molecule is CC(C(=O)O)C(C(=O)NCCNC(=O)CCCCC1CCSS1)C(C)(C)C. The van der Waals surface area contributed by atoms with Crippen molar-refractivity contribution >= 4 is 39.4 Å². The average Bonchev–Trinajstić information content (AvgIpc) is 3.07. The molecule has 1 heterocycles. The van der Waals surface area contributed by atoms with Crippen LogP contribution in [-0.4, -0.2) is 47.0 Å². The number of rotatable bonds is 11. The fourth-order valence-electron chi connectivity index (χ4n) is 3.32. The van der Waals surface area contributed by atoms with Gasteiger partial charge in [0, 0.05) is 30.5 Å². The van der Waals surface area contributed by atoms with Crippen molar-refractivity contribution in [3.8, 4) is 0 Å². The fraction of sp³-hybridized carbons (Fsp3) is 0.842. The second-order valence-corrected chi connectivity index (χ2v) is 11.0. The van der Waals surface area contributed by atoms with Crippen molar-refractivity contribution in [3.05, 3.63) is 0 Å². The summed E-state index contributed by atoms with van der Waals surface area (Å²) in [6.07, 6.45) is 4.93. The smallest absolute Gasteiger partial charge is 0.307 e. The molecule has 1 aliphatic rings. The molecule has 3 unspecified atom stereocenters. The lowest BCUT2D eigenvalue weighted by Gasteiger charge is -2.32. The van der Waals surface area contributed by atoms with Crippen molar-refractivity contribution in [2.45, 2.75) is 65.0 Å². The van der Waals surface area contributed by atoms with Gasteiger partial charge in [0.15, 0.2) is 0 Å². The normalized spacial score (nSPS) is 19.3. The van der Waals surface area contributed by atoms with Gasteiger partial charge in [-0.1, -0.05) is 55.7 Å². The molecule has 6 nitrogen and oxygen atoms in total. The maximum Gasteiger partial charge on any atom is 0.307 e. The number of carboxylic acid groups (broad SMARTS) is 1. The molecule has 0 spiro atoms. The third kappa shape index (κ3) is 9.23. The van der Waals surface area contributed by atoms with Crippen LogP contribution in [0.1, 0.15) is 59.8 Å². The number of hydrogen-bond donors (Lipinski definition) is 3. The summed E-state index contributed by atoms with van der Waals surface area (Å²) in [5.41, 5.74) is -0.457. The topological polar surface area (TPSA) is 95.5 Å². The van der Waals surface area contributed by atoms with E-state index in [4.69, 9.17) is 0 Å². The minimum Gasteiger partial charge on any atom is -0.481 e. The van der Waals surface area contributed by atoms with Crippen LogP contribution in [0.2, 0.25) is 0 Å². The summed E-state index contributed by atoms with van der Waals surface area (Å²) in [7, 11) is 3.91. The molecule has 1 rings (SSSR count). The molecule has 1 fully saturated rings. The van der Waals surface area contributed by atoms with Crippen molar-refractivity contribution in [2.75, 3.05) is 18.8 Å². The number of carbonyl (C=O) groups excluding carboxylic acids is 2. The Bertz CT molecular complexity index is 502. The minimum absolute atomic E-state index is 0.00368. The van der Waals surface area contributed by atoms with Gasteiger partial charge in [-0.25, -0.2) is 0 Å². The predicted molar refractivity (Wildman–Crippen MR) is 113 cm³/mol. The Kier molecular flexibility index (Phi) is 10.6. The Balaban J connectivity index is 2.21. The zero-order valence-electron chi connectivity index (χ0n) is 16.9. The van der Waals surface area contributed by atoms with Gasteiger partial charge in [0.05, 0.1) is 11.8 Å². The number of unbranched alkanes of at least 4 members (excludes halogenated alkanes) is 1. The molecule has 0 aliphatic carbocycles. The molecule has 0 radical (unpaired) electrons. The monoisotopic (exact) mass is 418 g/mol. The van der Waals surface area contributed by atoms with Crippen molar-refractivity contribution in [1.82, 2.24) is 10.6 Å². The van der Waals surface area contributed by atoms with E-state index in [0.29, 0.717) is 19.5 Å². The van der Waals surface area contributed by atoms with E-state index in [1.807, 2.05) is 42.4 Å². The van der Waals surface area contributed by atoms with E-state index in [9.17, 15) is 19.5 Å². The van der Waals surface area contributed by atoms with Crippen LogP contribution >= 0.6 is 21.6 Å². The molecule has 0 aromatic heterocycles. The van der Waals surface area contributed by atoms with Gasteiger partial charge in [-0.15, -0.1) is 0 Å². The Morgan fingerprint density at radius 3 is 2.37 bits per heavy atom. The van der Waals surface area contributed by atoms with Crippen molar-refractivity contribution in [3.63, 3.8) is 0 Å². The van der Waals surface area contributed by atoms with Gasteiger partial charge >= 0.3 is 5.97 Å². The number of carboxylic acids is 1.